The number of nitrogens with one attached hydrogen (secondary N) is 1. The zero-order valence-electron chi connectivity index (χ0n) is 11.1. The van der Waals surface area contributed by atoms with Crippen LogP contribution in [0.1, 0.15) is 17.2 Å². The van der Waals surface area contributed by atoms with Crippen molar-refractivity contribution < 1.29 is 8.78 Å². The molecule has 5 heteroatoms. The standard InChI is InChI=1S/C16H14F2N2S/c17-13-5-4-10(8-14(13)18)9-15(20-19)12-3-1-2-11-6-7-21-16(11)12/h1-8,15,20H,9,19H2. The van der Waals surface area contributed by atoms with E-state index in [0.717, 1.165) is 21.7 Å². The molecule has 21 heavy (non-hydrogen) atoms. The van der Waals surface area contributed by atoms with Gasteiger partial charge >= 0.3 is 0 Å². The molecule has 3 rings (SSSR count). The van der Waals surface area contributed by atoms with Crippen LogP contribution in [0.25, 0.3) is 10.1 Å². The first-order valence-electron chi connectivity index (χ1n) is 6.55. The van der Waals surface area contributed by atoms with E-state index >= 15 is 0 Å². The Morgan fingerprint density at radius 1 is 1.10 bits per heavy atom. The van der Waals surface area contributed by atoms with Gasteiger partial charge in [-0.15, -0.1) is 11.3 Å². The lowest BCUT2D eigenvalue weighted by Crippen LogP contribution is -2.29. The van der Waals surface area contributed by atoms with Gasteiger partial charge in [-0.3, -0.25) is 11.3 Å². The summed E-state index contributed by atoms with van der Waals surface area (Å²) in [6.45, 7) is 0. The molecule has 3 N–H and O–H groups in total. The highest BCUT2D eigenvalue weighted by molar-refractivity contribution is 7.17. The van der Waals surface area contributed by atoms with E-state index in [1.165, 1.54) is 6.07 Å². The molecule has 0 aliphatic heterocycles. The first-order chi connectivity index (χ1) is 10.2. The molecule has 0 aliphatic rings. The monoisotopic (exact) mass is 304 g/mol. The summed E-state index contributed by atoms with van der Waals surface area (Å²) in [5, 5.41) is 3.18. The molecule has 0 bridgehead atoms. The second kappa shape index (κ2) is 5.89. The van der Waals surface area contributed by atoms with E-state index < -0.39 is 11.6 Å². The third kappa shape index (κ3) is 2.81. The second-order valence-corrected chi connectivity index (χ2v) is 5.77. The fourth-order valence-corrected chi connectivity index (χ4v) is 3.42. The zero-order valence-corrected chi connectivity index (χ0v) is 12.0. The number of hydrazine groups is 1. The molecule has 0 fully saturated rings. The Bertz CT molecular complexity index is 770. The van der Waals surface area contributed by atoms with Gasteiger partial charge < -0.3 is 0 Å². The highest BCUT2D eigenvalue weighted by atomic mass is 32.1. The van der Waals surface area contributed by atoms with Crippen LogP contribution < -0.4 is 11.3 Å². The Morgan fingerprint density at radius 3 is 2.71 bits per heavy atom. The molecule has 0 saturated heterocycles. The van der Waals surface area contributed by atoms with Gasteiger partial charge in [-0.1, -0.05) is 24.3 Å². The summed E-state index contributed by atoms with van der Waals surface area (Å²) in [5.41, 5.74) is 4.54. The van der Waals surface area contributed by atoms with Gasteiger partial charge in [-0.25, -0.2) is 8.78 Å². The lowest BCUT2D eigenvalue weighted by atomic mass is 9.98. The molecule has 0 spiro atoms. The van der Waals surface area contributed by atoms with E-state index in [-0.39, 0.29) is 6.04 Å². The predicted molar refractivity (Wildman–Crippen MR) is 82.0 cm³/mol. The van der Waals surface area contributed by atoms with Gasteiger partial charge in [0.05, 0.1) is 6.04 Å². The van der Waals surface area contributed by atoms with E-state index in [9.17, 15) is 8.78 Å². The average molecular weight is 304 g/mol. The normalized spacial score (nSPS) is 12.7. The summed E-state index contributed by atoms with van der Waals surface area (Å²) in [4.78, 5) is 0. The van der Waals surface area contributed by atoms with Crippen LogP contribution in [0.3, 0.4) is 0 Å². The minimum Gasteiger partial charge on any atom is -0.271 e. The number of nitrogens with two attached hydrogens (primary N) is 1. The van der Waals surface area contributed by atoms with Gasteiger partial charge in [0.2, 0.25) is 0 Å². The van der Waals surface area contributed by atoms with Gasteiger partial charge in [-0.05, 0) is 46.5 Å². The van der Waals surface area contributed by atoms with Crippen LogP contribution in [0.15, 0.2) is 47.8 Å². The number of hydrogen-bond donors (Lipinski definition) is 2. The molecule has 2 nitrogen and oxygen atoms in total. The summed E-state index contributed by atoms with van der Waals surface area (Å²) in [6.07, 6.45) is 0.491. The topological polar surface area (TPSA) is 38.0 Å². The molecule has 1 aromatic heterocycles. The van der Waals surface area contributed by atoms with E-state index in [1.807, 2.05) is 23.6 Å². The first-order valence-corrected chi connectivity index (χ1v) is 7.43. The third-order valence-corrected chi connectivity index (χ3v) is 4.49. The zero-order chi connectivity index (χ0) is 14.8. The van der Waals surface area contributed by atoms with Gasteiger partial charge in [0.25, 0.3) is 0 Å². The lowest BCUT2D eigenvalue weighted by Gasteiger charge is -2.17. The van der Waals surface area contributed by atoms with E-state index in [1.54, 1.807) is 17.4 Å². The van der Waals surface area contributed by atoms with E-state index in [2.05, 4.69) is 11.5 Å². The number of hydrogen-bond acceptors (Lipinski definition) is 3. The molecular weight excluding hydrogens is 290 g/mol. The first kappa shape index (κ1) is 14.1. The van der Waals surface area contributed by atoms with Crippen molar-refractivity contribution in [2.45, 2.75) is 12.5 Å². The Labute approximate surface area is 125 Å². The van der Waals surface area contributed by atoms with Crippen molar-refractivity contribution in [2.24, 2.45) is 5.84 Å². The summed E-state index contributed by atoms with van der Waals surface area (Å²) in [7, 11) is 0. The third-order valence-electron chi connectivity index (χ3n) is 3.51. The number of fused-ring (bicyclic) bond motifs is 1. The fourth-order valence-electron chi connectivity index (χ4n) is 2.45. The maximum absolute atomic E-state index is 13.3. The highest BCUT2D eigenvalue weighted by Gasteiger charge is 2.15. The molecule has 0 saturated carbocycles. The molecule has 0 amide bonds. The van der Waals surface area contributed by atoms with Crippen molar-refractivity contribution in [3.8, 4) is 0 Å². The van der Waals surface area contributed by atoms with Crippen molar-refractivity contribution in [3.05, 3.63) is 70.6 Å². The molecule has 1 heterocycles. The van der Waals surface area contributed by atoms with Crippen LogP contribution in [0.5, 0.6) is 0 Å². The number of rotatable bonds is 4. The number of halogens is 2. The average Bonchev–Trinajstić information content (AvgIpc) is 2.97. The van der Waals surface area contributed by atoms with Gasteiger partial charge in [0, 0.05) is 4.70 Å². The van der Waals surface area contributed by atoms with Crippen LogP contribution in [-0.2, 0) is 6.42 Å². The summed E-state index contributed by atoms with van der Waals surface area (Å²) in [5.74, 6) is 3.99. The van der Waals surface area contributed by atoms with Gasteiger partial charge in [-0.2, -0.15) is 0 Å². The van der Waals surface area contributed by atoms with Crippen LogP contribution in [0.4, 0.5) is 8.78 Å². The van der Waals surface area contributed by atoms with Gasteiger partial charge in [0.1, 0.15) is 0 Å². The van der Waals surface area contributed by atoms with Crippen LogP contribution >= 0.6 is 11.3 Å². The van der Waals surface area contributed by atoms with Crippen molar-refractivity contribution in [2.75, 3.05) is 0 Å². The quantitative estimate of drug-likeness (QED) is 0.566. The Kier molecular flexibility index (Phi) is 3.96. The minimum absolute atomic E-state index is 0.155. The molecular formula is C16H14F2N2S. The van der Waals surface area contributed by atoms with Crippen molar-refractivity contribution in [3.63, 3.8) is 0 Å². The van der Waals surface area contributed by atoms with Crippen LogP contribution in [-0.4, -0.2) is 0 Å². The van der Waals surface area contributed by atoms with E-state index in [4.69, 9.17) is 5.84 Å². The fraction of sp³-hybridized carbons (Fsp3) is 0.125. The number of benzene rings is 2. The molecule has 108 valence electrons. The molecule has 1 unspecified atom stereocenters. The smallest absolute Gasteiger partial charge is 0.159 e. The number of thiophene rings is 1. The Balaban J connectivity index is 1.94. The Morgan fingerprint density at radius 2 is 1.95 bits per heavy atom. The Hall–Kier alpha value is -1.82. The maximum Gasteiger partial charge on any atom is 0.159 e. The van der Waals surface area contributed by atoms with Crippen molar-refractivity contribution in [1.29, 1.82) is 0 Å². The predicted octanol–water partition coefficient (Wildman–Crippen LogP) is 3.93. The molecule has 0 radical (unpaired) electrons. The second-order valence-electron chi connectivity index (χ2n) is 4.86. The maximum atomic E-state index is 13.3. The summed E-state index contributed by atoms with van der Waals surface area (Å²) in [6, 6.07) is 11.9. The van der Waals surface area contributed by atoms with E-state index in [0.29, 0.717) is 12.0 Å². The largest absolute Gasteiger partial charge is 0.271 e. The van der Waals surface area contributed by atoms with Gasteiger partial charge in [0.15, 0.2) is 11.6 Å². The summed E-state index contributed by atoms with van der Waals surface area (Å²) < 4.78 is 27.5. The minimum atomic E-state index is -0.837. The molecule has 0 aliphatic carbocycles. The molecule has 1 atom stereocenters. The van der Waals surface area contributed by atoms with Crippen molar-refractivity contribution in [1.82, 2.24) is 5.43 Å². The molecule has 3 aromatic rings. The summed E-state index contributed by atoms with van der Waals surface area (Å²) >= 11 is 1.64. The van der Waals surface area contributed by atoms with Crippen molar-refractivity contribution >= 4 is 21.4 Å². The lowest BCUT2D eigenvalue weighted by molar-refractivity contribution is 0.503. The SMILES string of the molecule is NNC(Cc1ccc(F)c(F)c1)c1cccc2ccsc12. The van der Waals surface area contributed by atoms with Crippen LogP contribution in [0, 0.1) is 11.6 Å². The molecule has 2 aromatic carbocycles. The van der Waals surface area contributed by atoms with Crippen LogP contribution in [0.2, 0.25) is 0 Å². The highest BCUT2D eigenvalue weighted by Crippen LogP contribution is 2.30.